The van der Waals surface area contributed by atoms with E-state index < -0.39 is 23.9 Å². The van der Waals surface area contributed by atoms with Crippen molar-refractivity contribution in [1.82, 2.24) is 15.4 Å². The summed E-state index contributed by atoms with van der Waals surface area (Å²) in [5.74, 6) is -4.04. The third-order valence-electron chi connectivity index (χ3n) is 3.52. The number of benzene rings is 1. The minimum absolute atomic E-state index is 0.00727. The van der Waals surface area contributed by atoms with Crippen molar-refractivity contribution in [2.45, 2.75) is 18.0 Å². The Morgan fingerprint density at radius 3 is 2.58 bits per heavy atom. The molecular formula is C14H11ClF3N5O. The van der Waals surface area contributed by atoms with Crippen molar-refractivity contribution in [3.63, 3.8) is 0 Å². The van der Waals surface area contributed by atoms with Crippen molar-refractivity contribution in [3.8, 4) is 0 Å². The van der Waals surface area contributed by atoms with E-state index in [2.05, 4.69) is 20.8 Å². The largest absolute Gasteiger partial charge is 0.368 e. The van der Waals surface area contributed by atoms with Crippen LogP contribution in [0.25, 0.3) is 0 Å². The topological polar surface area (TPSA) is 92.9 Å². The highest BCUT2D eigenvalue weighted by molar-refractivity contribution is 6.29. The molecule has 4 N–H and O–H groups in total. The van der Waals surface area contributed by atoms with Gasteiger partial charge in [-0.1, -0.05) is 23.7 Å². The molecule has 24 heavy (non-hydrogen) atoms. The fourth-order valence-electron chi connectivity index (χ4n) is 2.17. The van der Waals surface area contributed by atoms with E-state index in [0.29, 0.717) is 0 Å². The number of nitrogen functional groups attached to an aromatic ring is 1. The molecular weight excluding hydrogens is 347 g/mol. The van der Waals surface area contributed by atoms with Crippen LogP contribution in [0.1, 0.15) is 22.3 Å². The highest BCUT2D eigenvalue weighted by Crippen LogP contribution is 2.62. The van der Waals surface area contributed by atoms with E-state index in [1.165, 1.54) is 24.3 Å². The average molecular weight is 358 g/mol. The zero-order valence-corrected chi connectivity index (χ0v) is 12.7. The minimum atomic E-state index is -3.41. The molecule has 1 aliphatic carbocycles. The predicted octanol–water partition coefficient (Wildman–Crippen LogP) is 2.67. The van der Waals surface area contributed by atoms with Gasteiger partial charge in [0.1, 0.15) is 5.15 Å². The molecule has 126 valence electrons. The number of nitrogens with one attached hydrogen (secondary N) is 2. The summed E-state index contributed by atoms with van der Waals surface area (Å²) in [5, 5.41) is 0.0663. The highest BCUT2D eigenvalue weighted by Gasteiger charge is 2.74. The van der Waals surface area contributed by atoms with E-state index in [1.807, 2.05) is 0 Å². The van der Waals surface area contributed by atoms with Crippen LogP contribution in [0, 0.1) is 0 Å². The lowest BCUT2D eigenvalue weighted by molar-refractivity contribution is 0.0420. The van der Waals surface area contributed by atoms with Gasteiger partial charge in [-0.05, 0) is 17.7 Å². The molecule has 1 aliphatic rings. The van der Waals surface area contributed by atoms with Gasteiger partial charge in [-0.15, -0.1) is 0 Å². The van der Waals surface area contributed by atoms with E-state index in [0.717, 1.165) is 6.07 Å². The Labute approximate surface area is 139 Å². The molecule has 6 nitrogen and oxygen atoms in total. The normalized spacial score (nSPS) is 21.2. The molecule has 0 radical (unpaired) electrons. The molecule has 0 spiro atoms. The van der Waals surface area contributed by atoms with Crippen molar-refractivity contribution in [2.24, 2.45) is 0 Å². The summed E-state index contributed by atoms with van der Waals surface area (Å²) in [6.45, 7) is 0. The van der Waals surface area contributed by atoms with E-state index in [1.54, 1.807) is 0 Å². The maximum Gasteiger partial charge on any atom is 0.289 e. The first-order valence-electron chi connectivity index (χ1n) is 6.75. The molecule has 1 amide bonds. The molecule has 10 heteroatoms. The lowest BCUT2D eigenvalue weighted by Crippen LogP contribution is -2.30. The van der Waals surface area contributed by atoms with Gasteiger partial charge in [0, 0.05) is 11.6 Å². The molecule has 0 saturated heterocycles. The number of nitrogens with two attached hydrogens (primary N) is 1. The summed E-state index contributed by atoms with van der Waals surface area (Å²) < 4.78 is 40.3. The first-order chi connectivity index (χ1) is 11.2. The zero-order chi connectivity index (χ0) is 17.5. The van der Waals surface area contributed by atoms with Gasteiger partial charge in [0.05, 0.1) is 6.42 Å². The maximum atomic E-state index is 14.1. The zero-order valence-electron chi connectivity index (χ0n) is 12.0. The molecule has 1 fully saturated rings. The van der Waals surface area contributed by atoms with Crippen LogP contribution in [0.3, 0.4) is 0 Å². The number of nitrogens with zero attached hydrogens (tertiary/aromatic N) is 2. The van der Waals surface area contributed by atoms with Gasteiger partial charge in [0.2, 0.25) is 11.6 Å². The molecule has 0 aliphatic heterocycles. The van der Waals surface area contributed by atoms with Gasteiger partial charge < -0.3 is 5.73 Å². The SMILES string of the molecule is Nc1nc(Cl)cc(NNC(=O)c2cccc(C3(F)CC3(F)F)c2)n1. The van der Waals surface area contributed by atoms with Crippen LogP contribution in [0.2, 0.25) is 5.15 Å². The third kappa shape index (κ3) is 2.94. The predicted molar refractivity (Wildman–Crippen MR) is 81.3 cm³/mol. The summed E-state index contributed by atoms with van der Waals surface area (Å²) in [7, 11) is 0. The number of amides is 1. The van der Waals surface area contributed by atoms with E-state index in [9.17, 15) is 18.0 Å². The number of hydrogen-bond donors (Lipinski definition) is 3. The maximum absolute atomic E-state index is 14.1. The Bertz CT molecular complexity index is 798. The Balaban J connectivity index is 1.72. The number of aromatic nitrogens is 2. The standard InChI is InChI=1S/C14H11ClF3N5O/c15-9-5-10(21-12(19)20-9)22-23-11(24)7-2-1-3-8(4-7)13(16)6-14(13,17)18/h1-5H,6H2,(H,23,24)(H3,19,20,21,22). The summed E-state index contributed by atoms with van der Waals surface area (Å²) in [6, 6.07) is 6.32. The molecule has 0 bridgehead atoms. The number of carbonyl (C=O) groups excluding carboxylic acids is 1. The Morgan fingerprint density at radius 2 is 1.96 bits per heavy atom. The van der Waals surface area contributed by atoms with Crippen LogP contribution >= 0.6 is 11.6 Å². The molecule has 3 rings (SSSR count). The van der Waals surface area contributed by atoms with Crippen molar-refractivity contribution in [3.05, 3.63) is 46.6 Å². The van der Waals surface area contributed by atoms with Crippen LogP contribution < -0.4 is 16.6 Å². The monoisotopic (exact) mass is 357 g/mol. The Kier molecular flexibility index (Phi) is 3.75. The van der Waals surface area contributed by atoms with Crippen LogP contribution in [-0.2, 0) is 5.67 Å². The lowest BCUT2D eigenvalue weighted by Gasteiger charge is -2.11. The quantitative estimate of drug-likeness (QED) is 0.578. The molecule has 1 unspecified atom stereocenters. The molecule has 1 saturated carbocycles. The molecule has 1 aromatic carbocycles. The number of halogens is 4. The van der Waals surface area contributed by atoms with Gasteiger partial charge in [-0.3, -0.25) is 15.6 Å². The summed E-state index contributed by atoms with van der Waals surface area (Å²) >= 11 is 5.69. The second-order valence-corrected chi connectivity index (χ2v) is 5.66. The van der Waals surface area contributed by atoms with Gasteiger partial charge in [0.15, 0.2) is 5.82 Å². The number of anilines is 2. The number of rotatable bonds is 4. The average Bonchev–Trinajstić information content (AvgIpc) is 3.04. The fraction of sp³-hybridized carbons (Fsp3) is 0.214. The van der Waals surface area contributed by atoms with E-state index >= 15 is 0 Å². The number of hydrogen-bond acceptors (Lipinski definition) is 5. The second kappa shape index (κ2) is 5.52. The lowest BCUT2D eigenvalue weighted by atomic mass is 10.0. The first kappa shape index (κ1) is 16.3. The summed E-state index contributed by atoms with van der Waals surface area (Å²) in [6.07, 6.45) is -0.887. The van der Waals surface area contributed by atoms with Crippen LogP contribution in [0.5, 0.6) is 0 Å². The smallest absolute Gasteiger partial charge is 0.289 e. The van der Waals surface area contributed by atoms with Crippen LogP contribution in [0.15, 0.2) is 30.3 Å². The van der Waals surface area contributed by atoms with Crippen LogP contribution in [-0.4, -0.2) is 21.8 Å². The van der Waals surface area contributed by atoms with E-state index in [4.69, 9.17) is 17.3 Å². The number of carbonyl (C=O) groups is 1. The second-order valence-electron chi connectivity index (χ2n) is 5.28. The molecule has 2 aromatic rings. The first-order valence-corrected chi connectivity index (χ1v) is 7.13. The number of alkyl halides is 3. The van der Waals surface area contributed by atoms with Crippen molar-refractivity contribution >= 4 is 29.3 Å². The van der Waals surface area contributed by atoms with Crippen molar-refractivity contribution in [2.75, 3.05) is 11.2 Å². The van der Waals surface area contributed by atoms with Gasteiger partial charge in [-0.2, -0.15) is 4.98 Å². The van der Waals surface area contributed by atoms with Gasteiger partial charge >= 0.3 is 0 Å². The van der Waals surface area contributed by atoms with Crippen molar-refractivity contribution in [1.29, 1.82) is 0 Å². The fourth-order valence-corrected chi connectivity index (χ4v) is 2.36. The van der Waals surface area contributed by atoms with E-state index in [-0.39, 0.29) is 28.0 Å². The highest BCUT2D eigenvalue weighted by atomic mass is 35.5. The minimum Gasteiger partial charge on any atom is -0.368 e. The van der Waals surface area contributed by atoms with Gasteiger partial charge in [0.25, 0.3) is 11.8 Å². The summed E-state index contributed by atoms with van der Waals surface area (Å²) in [4.78, 5) is 19.5. The van der Waals surface area contributed by atoms with Crippen molar-refractivity contribution < 1.29 is 18.0 Å². The Hall–Kier alpha value is -2.55. The third-order valence-corrected chi connectivity index (χ3v) is 3.71. The van der Waals surface area contributed by atoms with Crippen LogP contribution in [0.4, 0.5) is 24.9 Å². The molecule has 1 heterocycles. The molecule has 1 atom stereocenters. The Morgan fingerprint density at radius 1 is 1.25 bits per heavy atom. The number of hydrazine groups is 1. The van der Waals surface area contributed by atoms with Gasteiger partial charge in [-0.25, -0.2) is 18.2 Å². The molecule has 1 aromatic heterocycles. The summed E-state index contributed by atoms with van der Waals surface area (Å²) in [5.41, 5.74) is 7.20.